The third kappa shape index (κ3) is 1.55. The first-order chi connectivity index (χ1) is 6.85. The summed E-state index contributed by atoms with van der Waals surface area (Å²) in [5.74, 6) is 2.19. The minimum Gasteiger partial charge on any atom is -0.497 e. The van der Waals surface area contributed by atoms with E-state index in [4.69, 9.17) is 15.2 Å². The van der Waals surface area contributed by atoms with Gasteiger partial charge in [0.2, 0.25) is 0 Å². The molecule has 0 saturated carbocycles. The predicted octanol–water partition coefficient (Wildman–Crippen LogP) is 1.52. The normalized spacial score (nSPS) is 19.7. The molecule has 0 saturated heterocycles. The number of hydrogen-bond donors (Lipinski definition) is 1. The Balaban J connectivity index is 2.35. The van der Waals surface area contributed by atoms with Crippen molar-refractivity contribution in [1.82, 2.24) is 0 Å². The molecule has 2 rings (SSSR count). The van der Waals surface area contributed by atoms with Gasteiger partial charge in [0.05, 0.1) is 13.7 Å². The second-order valence-corrected chi connectivity index (χ2v) is 3.47. The summed E-state index contributed by atoms with van der Waals surface area (Å²) in [6.07, 6.45) is 1.01. The second-order valence-electron chi connectivity index (χ2n) is 3.47. The summed E-state index contributed by atoms with van der Waals surface area (Å²) in [6, 6.07) is 5.93. The molecule has 0 amide bonds. The van der Waals surface area contributed by atoms with Gasteiger partial charge in [-0.3, -0.25) is 0 Å². The first-order valence-corrected chi connectivity index (χ1v) is 4.86. The molecule has 3 heteroatoms. The van der Waals surface area contributed by atoms with E-state index < -0.39 is 0 Å². The maximum absolute atomic E-state index is 5.70. The highest BCUT2D eigenvalue weighted by atomic mass is 16.5. The standard InChI is InChI=1S/C11H15NO2/c1-13-9-2-3-10-8(7-12)4-5-14-11(10)6-9/h2-3,6,8H,4-5,7,12H2,1H3/t8-/m0/s1. The van der Waals surface area contributed by atoms with Crippen molar-refractivity contribution in [2.45, 2.75) is 12.3 Å². The molecule has 14 heavy (non-hydrogen) atoms. The van der Waals surface area contributed by atoms with Crippen LogP contribution < -0.4 is 15.2 Å². The molecular weight excluding hydrogens is 178 g/mol. The minimum absolute atomic E-state index is 0.435. The number of ether oxygens (including phenoxy) is 2. The molecular formula is C11H15NO2. The number of hydrogen-bond acceptors (Lipinski definition) is 3. The molecule has 0 bridgehead atoms. The summed E-state index contributed by atoms with van der Waals surface area (Å²) in [4.78, 5) is 0. The molecule has 1 aromatic carbocycles. The van der Waals surface area contributed by atoms with Crippen LogP contribution in [0.1, 0.15) is 17.9 Å². The Hall–Kier alpha value is -1.22. The van der Waals surface area contributed by atoms with E-state index in [-0.39, 0.29) is 0 Å². The molecule has 0 unspecified atom stereocenters. The molecule has 76 valence electrons. The Morgan fingerprint density at radius 1 is 1.57 bits per heavy atom. The van der Waals surface area contributed by atoms with Gasteiger partial charge < -0.3 is 15.2 Å². The molecule has 1 aromatic rings. The van der Waals surface area contributed by atoms with Crippen LogP contribution in [0.4, 0.5) is 0 Å². The quantitative estimate of drug-likeness (QED) is 0.774. The number of benzene rings is 1. The van der Waals surface area contributed by atoms with Gasteiger partial charge in [-0.05, 0) is 24.6 Å². The van der Waals surface area contributed by atoms with E-state index >= 15 is 0 Å². The van der Waals surface area contributed by atoms with Crippen LogP contribution >= 0.6 is 0 Å². The summed E-state index contributed by atoms with van der Waals surface area (Å²) >= 11 is 0. The summed E-state index contributed by atoms with van der Waals surface area (Å²) in [5, 5.41) is 0. The van der Waals surface area contributed by atoms with E-state index in [1.807, 2.05) is 18.2 Å². The smallest absolute Gasteiger partial charge is 0.126 e. The van der Waals surface area contributed by atoms with Crippen molar-refractivity contribution in [2.24, 2.45) is 5.73 Å². The van der Waals surface area contributed by atoms with Gasteiger partial charge in [-0.15, -0.1) is 0 Å². The average molecular weight is 193 g/mol. The molecule has 0 aliphatic carbocycles. The first kappa shape index (κ1) is 9.34. The van der Waals surface area contributed by atoms with E-state index in [0.29, 0.717) is 12.5 Å². The lowest BCUT2D eigenvalue weighted by molar-refractivity contribution is 0.267. The monoisotopic (exact) mass is 193 g/mol. The zero-order chi connectivity index (χ0) is 9.97. The second kappa shape index (κ2) is 3.88. The van der Waals surface area contributed by atoms with Crippen LogP contribution in [0.5, 0.6) is 11.5 Å². The number of fused-ring (bicyclic) bond motifs is 1. The van der Waals surface area contributed by atoms with Crippen molar-refractivity contribution in [3.8, 4) is 11.5 Å². The fourth-order valence-electron chi connectivity index (χ4n) is 1.82. The van der Waals surface area contributed by atoms with Crippen LogP contribution in [-0.2, 0) is 0 Å². The van der Waals surface area contributed by atoms with E-state index in [9.17, 15) is 0 Å². The van der Waals surface area contributed by atoms with Crippen molar-refractivity contribution >= 4 is 0 Å². The molecule has 0 fully saturated rings. The summed E-state index contributed by atoms with van der Waals surface area (Å²) in [7, 11) is 1.66. The van der Waals surface area contributed by atoms with Crippen molar-refractivity contribution in [2.75, 3.05) is 20.3 Å². The zero-order valence-electron chi connectivity index (χ0n) is 8.32. The van der Waals surface area contributed by atoms with E-state index in [2.05, 4.69) is 0 Å². The third-order valence-corrected chi connectivity index (χ3v) is 2.67. The predicted molar refractivity (Wildman–Crippen MR) is 54.9 cm³/mol. The third-order valence-electron chi connectivity index (χ3n) is 2.67. The summed E-state index contributed by atoms with van der Waals surface area (Å²) in [5.41, 5.74) is 6.91. The highest BCUT2D eigenvalue weighted by Crippen LogP contribution is 2.35. The summed E-state index contributed by atoms with van der Waals surface area (Å²) < 4.78 is 10.7. The molecule has 2 N–H and O–H groups in total. The van der Waals surface area contributed by atoms with Crippen LogP contribution in [0.25, 0.3) is 0 Å². The van der Waals surface area contributed by atoms with E-state index in [1.54, 1.807) is 7.11 Å². The fourth-order valence-corrected chi connectivity index (χ4v) is 1.82. The van der Waals surface area contributed by atoms with Crippen molar-refractivity contribution in [3.63, 3.8) is 0 Å². The Morgan fingerprint density at radius 2 is 2.43 bits per heavy atom. The molecule has 0 radical (unpaired) electrons. The molecule has 1 heterocycles. The van der Waals surface area contributed by atoms with Crippen molar-refractivity contribution in [1.29, 1.82) is 0 Å². The van der Waals surface area contributed by atoms with Gasteiger partial charge in [0.1, 0.15) is 11.5 Å². The molecule has 1 aliphatic heterocycles. The van der Waals surface area contributed by atoms with Gasteiger partial charge in [-0.25, -0.2) is 0 Å². The van der Waals surface area contributed by atoms with Gasteiger partial charge in [-0.1, -0.05) is 6.07 Å². The van der Waals surface area contributed by atoms with Gasteiger partial charge in [-0.2, -0.15) is 0 Å². The van der Waals surface area contributed by atoms with Gasteiger partial charge in [0, 0.05) is 12.0 Å². The Kier molecular flexibility index (Phi) is 2.59. The van der Waals surface area contributed by atoms with Crippen LogP contribution in [0.15, 0.2) is 18.2 Å². The number of methoxy groups -OCH3 is 1. The largest absolute Gasteiger partial charge is 0.497 e. The van der Waals surface area contributed by atoms with Crippen LogP contribution in [0, 0.1) is 0 Å². The van der Waals surface area contributed by atoms with Crippen molar-refractivity contribution < 1.29 is 9.47 Å². The summed E-state index contributed by atoms with van der Waals surface area (Å²) in [6.45, 7) is 1.44. The maximum atomic E-state index is 5.70. The average Bonchev–Trinajstić information content (AvgIpc) is 2.27. The van der Waals surface area contributed by atoms with E-state index in [1.165, 1.54) is 5.56 Å². The highest BCUT2D eigenvalue weighted by molar-refractivity contribution is 5.43. The molecule has 1 aliphatic rings. The number of nitrogens with two attached hydrogens (primary N) is 1. The van der Waals surface area contributed by atoms with Crippen LogP contribution in [0.3, 0.4) is 0 Å². The minimum atomic E-state index is 0.435. The Labute approximate surface area is 83.8 Å². The fraction of sp³-hybridized carbons (Fsp3) is 0.455. The Bertz CT molecular complexity index is 325. The maximum Gasteiger partial charge on any atom is 0.126 e. The molecule has 1 atom stereocenters. The lowest BCUT2D eigenvalue weighted by Crippen LogP contribution is -2.20. The van der Waals surface area contributed by atoms with Gasteiger partial charge in [0.25, 0.3) is 0 Å². The lowest BCUT2D eigenvalue weighted by Gasteiger charge is -2.25. The van der Waals surface area contributed by atoms with Crippen LogP contribution in [-0.4, -0.2) is 20.3 Å². The number of rotatable bonds is 2. The molecule has 0 aromatic heterocycles. The molecule has 3 nitrogen and oxygen atoms in total. The van der Waals surface area contributed by atoms with Crippen molar-refractivity contribution in [3.05, 3.63) is 23.8 Å². The zero-order valence-corrected chi connectivity index (χ0v) is 8.32. The Morgan fingerprint density at radius 3 is 3.14 bits per heavy atom. The van der Waals surface area contributed by atoms with E-state index in [0.717, 1.165) is 24.5 Å². The van der Waals surface area contributed by atoms with Gasteiger partial charge >= 0.3 is 0 Å². The topological polar surface area (TPSA) is 44.5 Å². The SMILES string of the molecule is COc1ccc2c(c1)OCC[C@H]2CN. The first-order valence-electron chi connectivity index (χ1n) is 4.86. The van der Waals surface area contributed by atoms with Crippen LogP contribution in [0.2, 0.25) is 0 Å². The van der Waals surface area contributed by atoms with Gasteiger partial charge in [0.15, 0.2) is 0 Å². The highest BCUT2D eigenvalue weighted by Gasteiger charge is 2.20. The lowest BCUT2D eigenvalue weighted by atomic mass is 9.93. The molecule has 0 spiro atoms.